The molecule has 1 aromatic rings. The summed E-state index contributed by atoms with van der Waals surface area (Å²) in [7, 11) is 0. The molecule has 22 heavy (non-hydrogen) atoms. The van der Waals surface area contributed by atoms with Crippen molar-refractivity contribution in [3.05, 3.63) is 48.0 Å². The molecule has 0 aromatic heterocycles. The normalized spacial score (nSPS) is 25.0. The molecule has 3 rings (SSSR count). The Kier molecular flexibility index (Phi) is 4.94. The fraction of sp³-hybridized carbons (Fsp3) is 0.526. The van der Waals surface area contributed by atoms with Crippen LogP contribution in [0.25, 0.3) is 0 Å². The molecule has 2 aliphatic rings. The van der Waals surface area contributed by atoms with E-state index in [1.54, 1.807) is 0 Å². The second-order valence-electron chi connectivity index (χ2n) is 6.21. The molecule has 1 fully saturated rings. The average molecular weight is 299 g/mol. The Balaban J connectivity index is 1.74. The highest BCUT2D eigenvalue weighted by Crippen LogP contribution is 2.29. The molecule has 1 aliphatic carbocycles. The summed E-state index contributed by atoms with van der Waals surface area (Å²) < 4.78 is 5.92. The summed E-state index contributed by atoms with van der Waals surface area (Å²) in [6, 6.07) is 10.6. The van der Waals surface area contributed by atoms with Crippen LogP contribution in [0.15, 0.2) is 42.5 Å². The zero-order valence-electron chi connectivity index (χ0n) is 13.3. The number of likely N-dealkylation sites (tertiary alicyclic amines) is 1. The Bertz CT molecular complexity index is 517. The average Bonchev–Trinajstić information content (AvgIpc) is 3.19. The molecule has 1 saturated heterocycles. The number of hydrogen-bond donors (Lipinski definition) is 0. The first-order valence-electron chi connectivity index (χ1n) is 8.40. The number of rotatable bonds is 5. The van der Waals surface area contributed by atoms with Gasteiger partial charge >= 0.3 is 0 Å². The van der Waals surface area contributed by atoms with Crippen molar-refractivity contribution in [2.75, 3.05) is 13.2 Å². The van der Waals surface area contributed by atoms with E-state index < -0.39 is 0 Å². The van der Waals surface area contributed by atoms with E-state index in [0.717, 1.165) is 32.2 Å². The SMILES string of the molecule is CCO[C@@H]1CCN(C(=O)C2CC=CC2)[C@@H]1Cc1ccccc1. The molecule has 0 unspecified atom stereocenters. The summed E-state index contributed by atoms with van der Waals surface area (Å²) in [5, 5.41) is 0. The molecule has 2 atom stereocenters. The van der Waals surface area contributed by atoms with Gasteiger partial charge in [0.05, 0.1) is 12.1 Å². The van der Waals surface area contributed by atoms with Gasteiger partial charge in [-0.25, -0.2) is 0 Å². The molecule has 0 N–H and O–H groups in total. The van der Waals surface area contributed by atoms with E-state index in [4.69, 9.17) is 4.74 Å². The topological polar surface area (TPSA) is 29.5 Å². The van der Waals surface area contributed by atoms with Crippen LogP contribution in [-0.4, -0.2) is 36.1 Å². The van der Waals surface area contributed by atoms with Gasteiger partial charge in [-0.05, 0) is 38.2 Å². The van der Waals surface area contributed by atoms with Crippen molar-refractivity contribution in [3.8, 4) is 0 Å². The van der Waals surface area contributed by atoms with Crippen molar-refractivity contribution in [1.29, 1.82) is 0 Å². The van der Waals surface area contributed by atoms with Gasteiger partial charge in [-0.15, -0.1) is 0 Å². The van der Waals surface area contributed by atoms with Gasteiger partial charge in [0, 0.05) is 19.1 Å². The molecule has 0 radical (unpaired) electrons. The van der Waals surface area contributed by atoms with E-state index in [-0.39, 0.29) is 18.1 Å². The molecule has 1 amide bonds. The molecular formula is C19H25NO2. The van der Waals surface area contributed by atoms with Crippen molar-refractivity contribution in [1.82, 2.24) is 4.90 Å². The highest BCUT2D eigenvalue weighted by molar-refractivity contribution is 5.80. The fourth-order valence-electron chi connectivity index (χ4n) is 3.66. The molecule has 0 saturated carbocycles. The second-order valence-corrected chi connectivity index (χ2v) is 6.21. The Morgan fingerprint density at radius 1 is 1.23 bits per heavy atom. The van der Waals surface area contributed by atoms with Crippen LogP contribution < -0.4 is 0 Å². The highest BCUT2D eigenvalue weighted by Gasteiger charge is 2.39. The molecule has 1 aromatic carbocycles. The van der Waals surface area contributed by atoms with Crippen molar-refractivity contribution >= 4 is 5.91 Å². The lowest BCUT2D eigenvalue weighted by Gasteiger charge is -2.30. The lowest BCUT2D eigenvalue weighted by molar-refractivity contribution is -0.137. The predicted octanol–water partition coefficient (Wildman–Crippen LogP) is 3.20. The van der Waals surface area contributed by atoms with E-state index in [1.165, 1.54) is 5.56 Å². The molecule has 1 heterocycles. The summed E-state index contributed by atoms with van der Waals surface area (Å²) in [4.78, 5) is 14.9. The smallest absolute Gasteiger partial charge is 0.226 e. The number of allylic oxidation sites excluding steroid dienone is 2. The quantitative estimate of drug-likeness (QED) is 0.781. The van der Waals surface area contributed by atoms with Gasteiger partial charge in [0.15, 0.2) is 0 Å². The molecular weight excluding hydrogens is 274 g/mol. The van der Waals surface area contributed by atoms with Crippen LogP contribution in [0.1, 0.15) is 31.7 Å². The monoisotopic (exact) mass is 299 g/mol. The number of carbonyl (C=O) groups is 1. The molecule has 0 bridgehead atoms. The van der Waals surface area contributed by atoms with Crippen LogP contribution in [0, 0.1) is 5.92 Å². The molecule has 3 nitrogen and oxygen atoms in total. The lowest BCUT2D eigenvalue weighted by atomic mass is 10.00. The first kappa shape index (κ1) is 15.3. The van der Waals surface area contributed by atoms with Crippen LogP contribution in [0.4, 0.5) is 0 Å². The van der Waals surface area contributed by atoms with E-state index in [0.29, 0.717) is 12.5 Å². The maximum absolute atomic E-state index is 12.8. The zero-order valence-corrected chi connectivity index (χ0v) is 13.3. The van der Waals surface area contributed by atoms with Crippen LogP contribution in [0.5, 0.6) is 0 Å². The van der Waals surface area contributed by atoms with Crippen molar-refractivity contribution < 1.29 is 9.53 Å². The largest absolute Gasteiger partial charge is 0.376 e. The standard InChI is InChI=1S/C19H25NO2/c1-2-22-18-12-13-20(19(21)16-10-6-7-11-16)17(18)14-15-8-4-3-5-9-15/h3-9,16-18H,2,10-14H2,1H3/t17-,18-/m1/s1. The number of nitrogens with zero attached hydrogens (tertiary/aromatic N) is 1. The summed E-state index contributed by atoms with van der Waals surface area (Å²) >= 11 is 0. The van der Waals surface area contributed by atoms with Gasteiger partial charge in [0.1, 0.15) is 0 Å². The summed E-state index contributed by atoms with van der Waals surface area (Å²) in [5.74, 6) is 0.465. The van der Waals surface area contributed by atoms with Crippen LogP contribution >= 0.6 is 0 Å². The van der Waals surface area contributed by atoms with Gasteiger partial charge in [-0.1, -0.05) is 42.5 Å². The Labute approximate surface area is 133 Å². The number of hydrogen-bond acceptors (Lipinski definition) is 2. The van der Waals surface area contributed by atoms with Crippen LogP contribution in [0.2, 0.25) is 0 Å². The first-order chi connectivity index (χ1) is 10.8. The minimum Gasteiger partial charge on any atom is -0.376 e. The van der Waals surface area contributed by atoms with Crippen molar-refractivity contribution in [2.24, 2.45) is 5.92 Å². The lowest BCUT2D eigenvalue weighted by Crippen LogP contribution is -2.44. The van der Waals surface area contributed by atoms with Gasteiger partial charge in [-0.2, -0.15) is 0 Å². The van der Waals surface area contributed by atoms with Crippen LogP contribution in [0.3, 0.4) is 0 Å². The third-order valence-electron chi connectivity index (χ3n) is 4.79. The number of benzene rings is 1. The second kappa shape index (κ2) is 7.10. The summed E-state index contributed by atoms with van der Waals surface area (Å²) in [6.07, 6.45) is 8.06. The third-order valence-corrected chi connectivity index (χ3v) is 4.79. The molecule has 1 aliphatic heterocycles. The summed E-state index contributed by atoms with van der Waals surface area (Å²) in [6.45, 7) is 3.57. The van der Waals surface area contributed by atoms with Gasteiger partial charge in [0.25, 0.3) is 0 Å². The van der Waals surface area contributed by atoms with Crippen molar-refractivity contribution in [2.45, 2.75) is 44.8 Å². The number of carbonyl (C=O) groups excluding carboxylic acids is 1. The zero-order chi connectivity index (χ0) is 15.4. The number of amides is 1. The van der Waals surface area contributed by atoms with Gasteiger partial charge in [-0.3, -0.25) is 4.79 Å². The van der Waals surface area contributed by atoms with Crippen molar-refractivity contribution in [3.63, 3.8) is 0 Å². The number of ether oxygens (including phenoxy) is 1. The fourth-order valence-corrected chi connectivity index (χ4v) is 3.66. The van der Waals surface area contributed by atoms with E-state index >= 15 is 0 Å². The Morgan fingerprint density at radius 2 is 1.95 bits per heavy atom. The predicted molar refractivity (Wildman–Crippen MR) is 87.5 cm³/mol. The Morgan fingerprint density at radius 3 is 2.64 bits per heavy atom. The van der Waals surface area contributed by atoms with Gasteiger partial charge in [0.2, 0.25) is 5.91 Å². The maximum Gasteiger partial charge on any atom is 0.226 e. The van der Waals surface area contributed by atoms with Gasteiger partial charge < -0.3 is 9.64 Å². The summed E-state index contributed by atoms with van der Waals surface area (Å²) in [5.41, 5.74) is 1.28. The Hall–Kier alpha value is -1.61. The molecule has 118 valence electrons. The maximum atomic E-state index is 12.8. The molecule has 0 spiro atoms. The van der Waals surface area contributed by atoms with E-state index in [2.05, 4.69) is 41.3 Å². The first-order valence-corrected chi connectivity index (χ1v) is 8.40. The van der Waals surface area contributed by atoms with Crippen LogP contribution in [-0.2, 0) is 16.0 Å². The highest BCUT2D eigenvalue weighted by atomic mass is 16.5. The minimum absolute atomic E-state index is 0.152. The minimum atomic E-state index is 0.152. The van der Waals surface area contributed by atoms with E-state index in [1.807, 2.05) is 13.0 Å². The third kappa shape index (κ3) is 3.25. The molecule has 3 heteroatoms. The van der Waals surface area contributed by atoms with E-state index in [9.17, 15) is 4.79 Å².